The molecule has 1 amide bonds. The van der Waals surface area contributed by atoms with Gasteiger partial charge in [-0.05, 0) is 37.6 Å². The molecule has 2 rings (SSSR count). The Morgan fingerprint density at radius 2 is 1.96 bits per heavy atom. The van der Waals surface area contributed by atoms with E-state index in [1.54, 1.807) is 12.0 Å². The Balaban J connectivity index is 1.68. The minimum Gasteiger partial charge on any atom is -0.497 e. The first-order chi connectivity index (χ1) is 11.9. The fraction of sp³-hybridized carbons (Fsp3) is 0.588. The molecule has 0 aliphatic carbocycles. The second-order valence-electron chi connectivity index (χ2n) is 5.94. The van der Waals surface area contributed by atoms with Crippen LogP contribution in [0.3, 0.4) is 0 Å². The van der Waals surface area contributed by atoms with Crippen LogP contribution in [0.25, 0.3) is 0 Å². The molecule has 1 fully saturated rings. The number of sulfone groups is 1. The van der Waals surface area contributed by atoms with Crippen molar-refractivity contribution in [3.63, 3.8) is 0 Å². The van der Waals surface area contributed by atoms with Gasteiger partial charge in [0.2, 0.25) is 5.91 Å². The van der Waals surface area contributed by atoms with Gasteiger partial charge in [0.25, 0.3) is 0 Å². The summed E-state index contributed by atoms with van der Waals surface area (Å²) in [7, 11) is -1.38. The monoisotopic (exact) mass is 370 g/mol. The van der Waals surface area contributed by atoms with E-state index in [1.165, 1.54) is 0 Å². The van der Waals surface area contributed by atoms with Crippen molar-refractivity contribution >= 4 is 15.7 Å². The number of carbonyl (C=O) groups is 1. The number of likely N-dealkylation sites (N-methyl/N-ethyl adjacent to an activating group) is 1. The Kier molecular flexibility index (Phi) is 7.07. The van der Waals surface area contributed by atoms with Crippen molar-refractivity contribution in [2.24, 2.45) is 0 Å². The van der Waals surface area contributed by atoms with Gasteiger partial charge in [-0.1, -0.05) is 0 Å². The summed E-state index contributed by atoms with van der Waals surface area (Å²) in [6, 6.07) is 7.09. The molecule has 0 spiro atoms. The summed E-state index contributed by atoms with van der Waals surface area (Å²) < 4.78 is 33.8. The lowest BCUT2D eigenvalue weighted by Gasteiger charge is -2.27. The zero-order valence-electron chi connectivity index (χ0n) is 14.7. The number of amides is 1. The molecule has 1 aromatic rings. The molecule has 1 saturated heterocycles. The van der Waals surface area contributed by atoms with Gasteiger partial charge in [0.1, 0.15) is 18.1 Å². The quantitative estimate of drug-likeness (QED) is 0.644. The van der Waals surface area contributed by atoms with Crippen LogP contribution in [0.4, 0.5) is 0 Å². The molecule has 1 unspecified atom stereocenters. The van der Waals surface area contributed by atoms with Crippen LogP contribution in [-0.4, -0.2) is 70.1 Å². The molecule has 140 valence electrons. The number of carbonyl (C=O) groups excluding carboxylic acids is 1. The third-order valence-electron chi connectivity index (χ3n) is 4.19. The van der Waals surface area contributed by atoms with Gasteiger partial charge in [0.05, 0.1) is 25.2 Å². The average molecular weight is 370 g/mol. The molecule has 1 aliphatic heterocycles. The van der Waals surface area contributed by atoms with E-state index in [0.29, 0.717) is 26.1 Å². The zero-order chi connectivity index (χ0) is 18.3. The van der Waals surface area contributed by atoms with E-state index in [4.69, 9.17) is 9.47 Å². The van der Waals surface area contributed by atoms with Crippen LogP contribution in [0.1, 0.15) is 13.3 Å². The molecular weight excluding hydrogens is 344 g/mol. The molecule has 8 heteroatoms. The van der Waals surface area contributed by atoms with E-state index in [1.807, 2.05) is 31.2 Å². The topological polar surface area (TPSA) is 84.9 Å². The van der Waals surface area contributed by atoms with Crippen molar-refractivity contribution in [1.29, 1.82) is 0 Å². The predicted octanol–water partition coefficient (Wildman–Crippen LogP) is 0.699. The molecule has 1 aromatic carbocycles. The van der Waals surface area contributed by atoms with Crippen molar-refractivity contribution < 1.29 is 22.7 Å². The predicted molar refractivity (Wildman–Crippen MR) is 95.8 cm³/mol. The molecule has 1 aliphatic rings. The lowest BCUT2D eigenvalue weighted by atomic mass is 10.2. The second-order valence-corrected chi connectivity index (χ2v) is 8.17. The van der Waals surface area contributed by atoms with Gasteiger partial charge in [-0.15, -0.1) is 0 Å². The maximum Gasteiger partial charge on any atom is 0.236 e. The molecule has 0 saturated carbocycles. The number of hydrogen-bond donors (Lipinski definition) is 1. The first kappa shape index (κ1) is 19.5. The highest BCUT2D eigenvalue weighted by Gasteiger charge is 2.33. The Morgan fingerprint density at radius 1 is 1.28 bits per heavy atom. The van der Waals surface area contributed by atoms with Crippen molar-refractivity contribution in [2.45, 2.75) is 19.4 Å². The SMILES string of the molecule is CCN(C(=O)CNCCOc1ccc(OC)cc1)C1CCS(=O)(=O)C1. The number of benzene rings is 1. The van der Waals surface area contributed by atoms with Gasteiger partial charge in [0.15, 0.2) is 9.84 Å². The smallest absolute Gasteiger partial charge is 0.236 e. The Labute approximate surface area is 149 Å². The van der Waals surface area contributed by atoms with Crippen molar-refractivity contribution in [3.05, 3.63) is 24.3 Å². The summed E-state index contributed by atoms with van der Waals surface area (Å²) in [4.78, 5) is 13.9. The minimum absolute atomic E-state index is 0.0750. The second kappa shape index (κ2) is 9.05. The van der Waals surface area contributed by atoms with E-state index < -0.39 is 9.84 Å². The maximum atomic E-state index is 12.3. The summed E-state index contributed by atoms with van der Waals surface area (Å²) >= 11 is 0. The fourth-order valence-corrected chi connectivity index (χ4v) is 4.60. The van der Waals surface area contributed by atoms with Gasteiger partial charge in [0, 0.05) is 19.1 Å². The Morgan fingerprint density at radius 3 is 2.52 bits per heavy atom. The highest BCUT2D eigenvalue weighted by molar-refractivity contribution is 7.91. The van der Waals surface area contributed by atoms with Crippen LogP contribution in [0.15, 0.2) is 24.3 Å². The third kappa shape index (κ3) is 5.89. The molecule has 25 heavy (non-hydrogen) atoms. The number of methoxy groups -OCH3 is 1. The first-order valence-electron chi connectivity index (χ1n) is 8.42. The van der Waals surface area contributed by atoms with Crippen LogP contribution in [-0.2, 0) is 14.6 Å². The normalized spacial score (nSPS) is 18.7. The maximum absolute atomic E-state index is 12.3. The molecular formula is C17H26N2O5S. The highest BCUT2D eigenvalue weighted by atomic mass is 32.2. The summed E-state index contributed by atoms with van der Waals surface area (Å²) in [6.45, 7) is 3.52. The average Bonchev–Trinajstić information content (AvgIpc) is 2.95. The Bertz CT molecular complexity index is 660. The number of ether oxygens (including phenoxy) is 2. The minimum atomic E-state index is -2.99. The fourth-order valence-electron chi connectivity index (χ4n) is 2.87. The summed E-state index contributed by atoms with van der Waals surface area (Å²) in [5.74, 6) is 1.68. The molecule has 1 heterocycles. The van der Waals surface area contributed by atoms with E-state index in [-0.39, 0.29) is 30.0 Å². The molecule has 0 radical (unpaired) electrons. The highest BCUT2D eigenvalue weighted by Crippen LogP contribution is 2.18. The van der Waals surface area contributed by atoms with E-state index >= 15 is 0 Å². The van der Waals surface area contributed by atoms with E-state index in [9.17, 15) is 13.2 Å². The van der Waals surface area contributed by atoms with E-state index in [0.717, 1.165) is 11.5 Å². The third-order valence-corrected chi connectivity index (χ3v) is 5.94. The summed E-state index contributed by atoms with van der Waals surface area (Å²) in [5, 5.41) is 3.05. The Hall–Kier alpha value is -1.80. The standard InChI is InChI=1S/C17H26N2O5S/c1-3-19(14-8-11-25(21,22)13-14)17(20)12-18-9-10-24-16-6-4-15(23-2)5-7-16/h4-7,14,18H,3,8-13H2,1-2H3. The van der Waals surface area contributed by atoms with Crippen LogP contribution < -0.4 is 14.8 Å². The van der Waals surface area contributed by atoms with Gasteiger partial charge in [-0.25, -0.2) is 8.42 Å². The van der Waals surface area contributed by atoms with Gasteiger partial charge in [-0.3, -0.25) is 4.79 Å². The van der Waals surface area contributed by atoms with Crippen LogP contribution >= 0.6 is 0 Å². The molecule has 7 nitrogen and oxygen atoms in total. The number of nitrogens with zero attached hydrogens (tertiary/aromatic N) is 1. The largest absolute Gasteiger partial charge is 0.497 e. The van der Waals surface area contributed by atoms with Crippen LogP contribution in [0.2, 0.25) is 0 Å². The molecule has 0 bridgehead atoms. The number of nitrogens with one attached hydrogen (secondary N) is 1. The molecule has 1 atom stereocenters. The number of rotatable bonds is 9. The van der Waals surface area contributed by atoms with Crippen LogP contribution in [0, 0.1) is 0 Å². The lowest BCUT2D eigenvalue weighted by molar-refractivity contribution is -0.131. The first-order valence-corrected chi connectivity index (χ1v) is 10.2. The van der Waals surface area contributed by atoms with Crippen LogP contribution in [0.5, 0.6) is 11.5 Å². The zero-order valence-corrected chi connectivity index (χ0v) is 15.5. The number of hydrogen-bond acceptors (Lipinski definition) is 6. The molecule has 0 aromatic heterocycles. The van der Waals surface area contributed by atoms with Gasteiger partial charge < -0.3 is 19.7 Å². The van der Waals surface area contributed by atoms with Crippen molar-refractivity contribution in [2.75, 3.05) is 44.9 Å². The van der Waals surface area contributed by atoms with Gasteiger partial charge in [-0.2, -0.15) is 0 Å². The van der Waals surface area contributed by atoms with E-state index in [2.05, 4.69) is 5.32 Å². The summed E-state index contributed by atoms with van der Waals surface area (Å²) in [5.41, 5.74) is 0. The summed E-state index contributed by atoms with van der Waals surface area (Å²) in [6.07, 6.45) is 0.530. The lowest BCUT2D eigenvalue weighted by Crippen LogP contribution is -2.45. The van der Waals surface area contributed by atoms with Crippen molar-refractivity contribution in [3.8, 4) is 11.5 Å². The van der Waals surface area contributed by atoms with Gasteiger partial charge >= 0.3 is 0 Å². The van der Waals surface area contributed by atoms with Crippen molar-refractivity contribution in [1.82, 2.24) is 10.2 Å². The molecule has 1 N–H and O–H groups in total.